The van der Waals surface area contributed by atoms with Crippen molar-refractivity contribution in [2.75, 3.05) is 18.5 Å². The van der Waals surface area contributed by atoms with Gasteiger partial charge in [0.25, 0.3) is 0 Å². The van der Waals surface area contributed by atoms with Crippen LogP contribution in [0.2, 0.25) is 5.02 Å². The number of fused-ring (bicyclic) bond motifs is 3. The van der Waals surface area contributed by atoms with Gasteiger partial charge in [0, 0.05) is 18.6 Å². The van der Waals surface area contributed by atoms with Gasteiger partial charge in [-0.1, -0.05) is 24.4 Å². The van der Waals surface area contributed by atoms with E-state index < -0.39 is 5.60 Å². The molecular weight excluding hydrogens is 312 g/mol. The lowest BCUT2D eigenvalue weighted by molar-refractivity contribution is 0.0558. The van der Waals surface area contributed by atoms with Crippen LogP contribution in [0.3, 0.4) is 0 Å². The summed E-state index contributed by atoms with van der Waals surface area (Å²) in [6, 6.07) is 5.65. The molecule has 23 heavy (non-hydrogen) atoms. The molecule has 0 spiro atoms. The first-order valence-corrected chi connectivity index (χ1v) is 8.28. The number of nitrogens with zero attached hydrogens (tertiary/aromatic N) is 4. The summed E-state index contributed by atoms with van der Waals surface area (Å²) < 4.78 is 2.00. The lowest BCUT2D eigenvalue weighted by Gasteiger charge is -2.29. The fourth-order valence-electron chi connectivity index (χ4n) is 3.60. The number of aliphatic hydroxyl groups is 1. The first kappa shape index (κ1) is 14.7. The number of rotatable bonds is 3. The molecule has 0 atom stereocenters. The Morgan fingerprint density at radius 3 is 2.87 bits per heavy atom. The lowest BCUT2D eigenvalue weighted by atomic mass is 10.0. The summed E-state index contributed by atoms with van der Waals surface area (Å²) >= 11 is 6.12. The van der Waals surface area contributed by atoms with E-state index in [1.807, 2.05) is 34.5 Å². The second-order valence-corrected chi connectivity index (χ2v) is 6.94. The largest absolute Gasteiger partial charge is 0.388 e. The smallest absolute Gasteiger partial charge is 0.155 e. The second kappa shape index (κ2) is 5.35. The van der Waals surface area contributed by atoms with E-state index in [1.54, 1.807) is 12.5 Å². The summed E-state index contributed by atoms with van der Waals surface area (Å²) in [6.07, 6.45) is 7.48. The fraction of sp³-hybridized carbons (Fsp3) is 0.412. The van der Waals surface area contributed by atoms with Gasteiger partial charge in [-0.2, -0.15) is 0 Å². The van der Waals surface area contributed by atoms with Crippen LogP contribution >= 0.6 is 11.6 Å². The number of likely N-dealkylation sites (N-methyl/N-ethyl adjacent to an activating group) is 1. The second-order valence-electron chi connectivity index (χ2n) is 6.50. The highest BCUT2D eigenvalue weighted by Gasteiger charge is 2.33. The van der Waals surface area contributed by atoms with Gasteiger partial charge in [0.15, 0.2) is 5.82 Å². The average Bonchev–Trinajstić information content (AvgIpc) is 3.15. The van der Waals surface area contributed by atoms with E-state index in [4.69, 9.17) is 16.6 Å². The van der Waals surface area contributed by atoms with Crippen LogP contribution in [0.15, 0.2) is 30.7 Å². The van der Waals surface area contributed by atoms with Crippen LogP contribution in [0.4, 0.5) is 5.82 Å². The Morgan fingerprint density at radius 2 is 2.09 bits per heavy atom. The minimum atomic E-state index is -0.609. The van der Waals surface area contributed by atoms with Gasteiger partial charge in [0.05, 0.1) is 29.2 Å². The maximum atomic E-state index is 10.7. The van der Waals surface area contributed by atoms with Crippen molar-refractivity contribution >= 4 is 34.0 Å². The van der Waals surface area contributed by atoms with Crippen LogP contribution in [0.5, 0.6) is 0 Å². The number of halogens is 1. The third-order valence-electron chi connectivity index (χ3n) is 4.72. The molecule has 1 aliphatic carbocycles. The van der Waals surface area contributed by atoms with E-state index in [0.29, 0.717) is 11.6 Å². The number of benzene rings is 1. The molecule has 0 amide bonds. The summed E-state index contributed by atoms with van der Waals surface area (Å²) in [5.41, 5.74) is 2.10. The number of hydrogen-bond donors (Lipinski definition) is 1. The number of aromatic nitrogens is 3. The summed E-state index contributed by atoms with van der Waals surface area (Å²) in [5, 5.41) is 11.4. The van der Waals surface area contributed by atoms with Crippen molar-refractivity contribution in [1.29, 1.82) is 0 Å². The fourth-order valence-corrected chi connectivity index (χ4v) is 3.76. The van der Waals surface area contributed by atoms with E-state index in [0.717, 1.165) is 48.1 Å². The molecule has 0 bridgehead atoms. The van der Waals surface area contributed by atoms with Crippen LogP contribution in [0.25, 0.3) is 16.6 Å². The zero-order valence-electron chi connectivity index (χ0n) is 13.0. The molecule has 2 heterocycles. The van der Waals surface area contributed by atoms with Gasteiger partial charge in [-0.25, -0.2) is 9.97 Å². The molecule has 5 nitrogen and oxygen atoms in total. The van der Waals surface area contributed by atoms with Crippen molar-refractivity contribution in [3.05, 3.63) is 35.7 Å². The van der Waals surface area contributed by atoms with E-state index in [-0.39, 0.29) is 0 Å². The van der Waals surface area contributed by atoms with Crippen molar-refractivity contribution in [1.82, 2.24) is 14.4 Å². The third-order valence-corrected chi connectivity index (χ3v) is 4.95. The Hall–Kier alpha value is -1.85. The first-order chi connectivity index (χ1) is 11.1. The molecule has 1 saturated carbocycles. The molecule has 1 aliphatic rings. The van der Waals surface area contributed by atoms with Gasteiger partial charge in [0.1, 0.15) is 5.52 Å². The van der Waals surface area contributed by atoms with Crippen LogP contribution in [-0.4, -0.2) is 38.7 Å². The van der Waals surface area contributed by atoms with E-state index >= 15 is 0 Å². The quantitative estimate of drug-likeness (QED) is 0.800. The summed E-state index contributed by atoms with van der Waals surface area (Å²) in [5.74, 6) is 0.831. The number of imidazole rings is 1. The van der Waals surface area contributed by atoms with Crippen LogP contribution < -0.4 is 4.90 Å². The summed E-state index contributed by atoms with van der Waals surface area (Å²) in [4.78, 5) is 11.1. The Labute approximate surface area is 139 Å². The highest BCUT2D eigenvalue weighted by Crippen LogP contribution is 2.32. The molecule has 2 aromatic heterocycles. The Bertz CT molecular complexity index is 870. The van der Waals surface area contributed by atoms with Gasteiger partial charge >= 0.3 is 0 Å². The molecule has 4 rings (SSSR count). The third kappa shape index (κ3) is 2.54. The minimum Gasteiger partial charge on any atom is -0.388 e. The van der Waals surface area contributed by atoms with Crippen molar-refractivity contribution in [3.8, 4) is 0 Å². The van der Waals surface area contributed by atoms with Crippen LogP contribution in [-0.2, 0) is 0 Å². The van der Waals surface area contributed by atoms with Gasteiger partial charge in [-0.05, 0) is 31.0 Å². The van der Waals surface area contributed by atoms with Crippen molar-refractivity contribution in [2.24, 2.45) is 0 Å². The molecule has 0 saturated heterocycles. The predicted molar refractivity (Wildman–Crippen MR) is 92.2 cm³/mol. The molecule has 1 fully saturated rings. The molecule has 1 N–H and O–H groups in total. The molecule has 3 aromatic rings. The Balaban J connectivity index is 1.82. The molecule has 6 heteroatoms. The van der Waals surface area contributed by atoms with Crippen molar-refractivity contribution in [2.45, 2.75) is 31.3 Å². The van der Waals surface area contributed by atoms with Gasteiger partial charge in [-0.3, -0.25) is 4.40 Å². The van der Waals surface area contributed by atoms with E-state index in [2.05, 4.69) is 4.98 Å². The minimum absolute atomic E-state index is 0.583. The van der Waals surface area contributed by atoms with E-state index in [1.165, 1.54) is 0 Å². The average molecular weight is 331 g/mol. The van der Waals surface area contributed by atoms with Crippen molar-refractivity contribution < 1.29 is 5.11 Å². The maximum absolute atomic E-state index is 10.7. The Morgan fingerprint density at radius 1 is 1.30 bits per heavy atom. The lowest BCUT2D eigenvalue weighted by Crippen LogP contribution is -2.39. The molecule has 0 unspecified atom stereocenters. The predicted octanol–water partition coefficient (Wildman–Crippen LogP) is 3.28. The first-order valence-electron chi connectivity index (χ1n) is 7.91. The van der Waals surface area contributed by atoms with Crippen LogP contribution in [0, 0.1) is 0 Å². The monoisotopic (exact) mass is 330 g/mol. The zero-order valence-corrected chi connectivity index (χ0v) is 13.8. The number of hydrogen-bond acceptors (Lipinski definition) is 4. The molecule has 1 aromatic carbocycles. The topological polar surface area (TPSA) is 53.7 Å². The maximum Gasteiger partial charge on any atom is 0.155 e. The molecule has 120 valence electrons. The SMILES string of the molecule is CN(CC1(O)CCCC1)c1nc2ccc(Cl)cc2n2cncc12. The molecule has 0 aliphatic heterocycles. The van der Waals surface area contributed by atoms with Crippen LogP contribution in [0.1, 0.15) is 25.7 Å². The standard InChI is InChI=1S/C17H19ClN4O/c1-21(10-17(23)6-2-3-7-17)16-15-9-19-11-22(15)14-8-12(18)4-5-13(14)20-16/h4-5,8-9,11,23H,2-3,6-7,10H2,1H3. The zero-order chi connectivity index (χ0) is 16.0. The number of anilines is 1. The van der Waals surface area contributed by atoms with E-state index in [9.17, 15) is 5.11 Å². The summed E-state index contributed by atoms with van der Waals surface area (Å²) in [6.45, 7) is 0.583. The summed E-state index contributed by atoms with van der Waals surface area (Å²) in [7, 11) is 1.98. The van der Waals surface area contributed by atoms with Gasteiger partial charge in [-0.15, -0.1) is 0 Å². The van der Waals surface area contributed by atoms with Gasteiger partial charge < -0.3 is 10.0 Å². The highest BCUT2D eigenvalue weighted by atomic mass is 35.5. The normalized spacial score (nSPS) is 17.2. The highest BCUT2D eigenvalue weighted by molar-refractivity contribution is 6.31. The molecule has 0 radical (unpaired) electrons. The Kier molecular flexibility index (Phi) is 3.43. The van der Waals surface area contributed by atoms with Crippen molar-refractivity contribution in [3.63, 3.8) is 0 Å². The molecular formula is C17H19ClN4O. The van der Waals surface area contributed by atoms with Gasteiger partial charge in [0.2, 0.25) is 0 Å².